The molecule has 1 heterocycles. The van der Waals surface area contributed by atoms with E-state index in [0.717, 1.165) is 11.1 Å². The van der Waals surface area contributed by atoms with E-state index < -0.39 is 23.3 Å². The van der Waals surface area contributed by atoms with Crippen LogP contribution in [-0.2, 0) is 5.54 Å². The van der Waals surface area contributed by atoms with Gasteiger partial charge in [0.15, 0.2) is 0 Å². The molecular formula is C14H17F3N2. The maximum Gasteiger partial charge on any atom is 0.431 e. The summed E-state index contributed by atoms with van der Waals surface area (Å²) in [5.74, 6) is -0.710. The van der Waals surface area contributed by atoms with Gasteiger partial charge in [-0.2, -0.15) is 18.3 Å². The van der Waals surface area contributed by atoms with Gasteiger partial charge in [-0.3, -0.25) is 5.01 Å². The van der Waals surface area contributed by atoms with Gasteiger partial charge in [0, 0.05) is 13.0 Å². The number of benzene rings is 1. The van der Waals surface area contributed by atoms with Gasteiger partial charge in [-0.1, -0.05) is 31.2 Å². The van der Waals surface area contributed by atoms with Crippen molar-refractivity contribution in [2.75, 3.05) is 7.05 Å². The first kappa shape index (κ1) is 13.9. The molecule has 5 heteroatoms. The third-order valence-electron chi connectivity index (χ3n) is 4.16. The molecule has 1 aliphatic heterocycles. The molecule has 0 bridgehead atoms. The van der Waals surface area contributed by atoms with Gasteiger partial charge >= 0.3 is 6.18 Å². The van der Waals surface area contributed by atoms with E-state index >= 15 is 0 Å². The highest BCUT2D eigenvalue weighted by Gasteiger charge is 2.53. The molecule has 1 aromatic carbocycles. The second-order valence-electron chi connectivity index (χ2n) is 5.19. The zero-order valence-electron chi connectivity index (χ0n) is 11.4. The monoisotopic (exact) mass is 270 g/mol. The summed E-state index contributed by atoms with van der Waals surface area (Å²) >= 11 is 0. The van der Waals surface area contributed by atoms with Crippen molar-refractivity contribution < 1.29 is 13.2 Å². The lowest BCUT2D eigenvalue weighted by molar-refractivity contribution is -0.0626. The molecular weight excluding hydrogens is 253 g/mol. The molecule has 19 heavy (non-hydrogen) atoms. The van der Waals surface area contributed by atoms with Gasteiger partial charge < -0.3 is 0 Å². The van der Waals surface area contributed by atoms with Gasteiger partial charge in [0.05, 0.1) is 5.54 Å². The van der Waals surface area contributed by atoms with Crippen molar-refractivity contribution in [2.45, 2.75) is 32.5 Å². The predicted octanol–water partition coefficient (Wildman–Crippen LogP) is 3.71. The van der Waals surface area contributed by atoms with Crippen LogP contribution in [0.2, 0.25) is 0 Å². The van der Waals surface area contributed by atoms with Crippen molar-refractivity contribution in [3.63, 3.8) is 0 Å². The summed E-state index contributed by atoms with van der Waals surface area (Å²) in [5, 5.41) is 5.17. The number of alkyl halides is 3. The molecule has 0 radical (unpaired) electrons. The topological polar surface area (TPSA) is 15.6 Å². The fraction of sp³-hybridized carbons (Fsp3) is 0.500. The Kier molecular flexibility index (Phi) is 3.11. The molecule has 0 amide bonds. The van der Waals surface area contributed by atoms with E-state index in [4.69, 9.17) is 0 Å². The highest BCUT2D eigenvalue weighted by molar-refractivity contribution is 5.94. The van der Waals surface area contributed by atoms with Crippen molar-refractivity contribution >= 4 is 5.71 Å². The molecule has 1 aromatic rings. The highest BCUT2D eigenvalue weighted by atomic mass is 19.4. The van der Waals surface area contributed by atoms with Gasteiger partial charge in [-0.25, -0.2) is 0 Å². The minimum absolute atomic E-state index is 0.708. The quantitative estimate of drug-likeness (QED) is 0.759. The summed E-state index contributed by atoms with van der Waals surface area (Å²) in [6, 6.07) is 7.51. The molecule has 0 aliphatic carbocycles. The second-order valence-corrected chi connectivity index (χ2v) is 5.19. The fourth-order valence-corrected chi connectivity index (χ4v) is 2.75. The SMILES string of the molecule is Cc1ccccc1C1(C)C(C)C(C(F)(F)F)=NN1C. The molecule has 1 aliphatic rings. The van der Waals surface area contributed by atoms with Crippen LogP contribution in [0.5, 0.6) is 0 Å². The molecule has 2 unspecified atom stereocenters. The van der Waals surface area contributed by atoms with Crippen molar-refractivity contribution in [1.82, 2.24) is 5.01 Å². The van der Waals surface area contributed by atoms with Gasteiger partial charge in [0.2, 0.25) is 0 Å². The first-order chi connectivity index (χ1) is 8.69. The number of hydrogen-bond acceptors (Lipinski definition) is 2. The predicted molar refractivity (Wildman–Crippen MR) is 68.9 cm³/mol. The van der Waals surface area contributed by atoms with E-state index in [1.165, 1.54) is 5.01 Å². The molecule has 0 spiro atoms. The van der Waals surface area contributed by atoms with Crippen LogP contribution in [0.3, 0.4) is 0 Å². The summed E-state index contributed by atoms with van der Waals surface area (Å²) in [7, 11) is 1.60. The highest BCUT2D eigenvalue weighted by Crippen LogP contribution is 2.45. The largest absolute Gasteiger partial charge is 0.431 e. The van der Waals surface area contributed by atoms with Gasteiger partial charge in [0.1, 0.15) is 5.71 Å². The van der Waals surface area contributed by atoms with Crippen LogP contribution in [0.4, 0.5) is 13.2 Å². The molecule has 0 fully saturated rings. The number of hydrogen-bond donors (Lipinski definition) is 0. The Balaban J connectivity index is 2.51. The maximum absolute atomic E-state index is 13.0. The number of hydrazone groups is 1. The minimum atomic E-state index is -4.38. The van der Waals surface area contributed by atoms with E-state index in [1.54, 1.807) is 14.0 Å². The van der Waals surface area contributed by atoms with E-state index in [9.17, 15) is 13.2 Å². The number of halogens is 3. The summed E-state index contributed by atoms with van der Waals surface area (Å²) in [5.41, 5.74) is 0.381. The first-order valence-electron chi connectivity index (χ1n) is 6.14. The van der Waals surface area contributed by atoms with Crippen LogP contribution >= 0.6 is 0 Å². The van der Waals surface area contributed by atoms with Crippen molar-refractivity contribution in [3.8, 4) is 0 Å². The molecule has 2 atom stereocenters. The Morgan fingerprint density at radius 1 is 1.26 bits per heavy atom. The van der Waals surface area contributed by atoms with Crippen molar-refractivity contribution in [2.24, 2.45) is 11.0 Å². The third-order valence-corrected chi connectivity index (χ3v) is 4.16. The number of aryl methyl sites for hydroxylation is 1. The Morgan fingerprint density at radius 3 is 2.32 bits per heavy atom. The second kappa shape index (κ2) is 4.25. The lowest BCUT2D eigenvalue weighted by Gasteiger charge is -2.37. The van der Waals surface area contributed by atoms with Crippen molar-refractivity contribution in [1.29, 1.82) is 0 Å². The average molecular weight is 270 g/mol. The molecule has 0 saturated heterocycles. The summed E-state index contributed by atoms with van der Waals surface area (Å²) in [6.07, 6.45) is -4.38. The summed E-state index contributed by atoms with van der Waals surface area (Å²) in [6.45, 7) is 5.30. The molecule has 0 aromatic heterocycles. The number of nitrogens with zero attached hydrogens (tertiary/aromatic N) is 2. The van der Waals surface area contributed by atoms with E-state index in [1.807, 2.05) is 38.1 Å². The Morgan fingerprint density at radius 2 is 1.84 bits per heavy atom. The zero-order valence-corrected chi connectivity index (χ0v) is 11.4. The van der Waals surface area contributed by atoms with Gasteiger partial charge in [-0.05, 0) is 25.0 Å². The third kappa shape index (κ3) is 2.01. The zero-order chi connectivity index (χ0) is 14.4. The minimum Gasteiger partial charge on any atom is -0.289 e. The Labute approximate surface area is 110 Å². The van der Waals surface area contributed by atoms with E-state index in [2.05, 4.69) is 5.10 Å². The van der Waals surface area contributed by atoms with E-state index in [0.29, 0.717) is 0 Å². The van der Waals surface area contributed by atoms with Crippen LogP contribution in [0.15, 0.2) is 29.4 Å². The first-order valence-corrected chi connectivity index (χ1v) is 6.14. The smallest absolute Gasteiger partial charge is 0.289 e. The summed E-state index contributed by atoms with van der Waals surface area (Å²) in [4.78, 5) is 0. The molecule has 0 saturated carbocycles. The standard InChI is InChI=1S/C14H17F3N2/c1-9-7-5-6-8-11(9)13(3)10(2)12(14(15,16)17)18-19(13)4/h5-8,10H,1-4H3. The van der Waals surface area contributed by atoms with Gasteiger partial charge in [0.25, 0.3) is 0 Å². The lowest BCUT2D eigenvalue weighted by atomic mass is 9.77. The Hall–Kier alpha value is -1.52. The molecule has 104 valence electrons. The Bertz CT molecular complexity index is 522. The normalized spacial score (nSPS) is 27.6. The van der Waals surface area contributed by atoms with Crippen LogP contribution < -0.4 is 0 Å². The van der Waals surface area contributed by atoms with E-state index in [-0.39, 0.29) is 0 Å². The van der Waals surface area contributed by atoms with Crippen molar-refractivity contribution in [3.05, 3.63) is 35.4 Å². The lowest BCUT2D eigenvalue weighted by Crippen LogP contribution is -2.42. The fourth-order valence-electron chi connectivity index (χ4n) is 2.75. The average Bonchev–Trinajstić information content (AvgIpc) is 2.54. The maximum atomic E-state index is 13.0. The van der Waals surface area contributed by atoms with Crippen LogP contribution in [0.25, 0.3) is 0 Å². The van der Waals surface area contributed by atoms with Crippen LogP contribution in [0, 0.1) is 12.8 Å². The molecule has 0 N–H and O–H groups in total. The van der Waals surface area contributed by atoms with Gasteiger partial charge in [-0.15, -0.1) is 0 Å². The van der Waals surface area contributed by atoms with Crippen LogP contribution in [-0.4, -0.2) is 23.9 Å². The molecule has 2 rings (SSSR count). The number of rotatable bonds is 1. The molecule has 2 nitrogen and oxygen atoms in total. The van der Waals surface area contributed by atoms with Crippen LogP contribution in [0.1, 0.15) is 25.0 Å². The summed E-state index contributed by atoms with van der Waals surface area (Å²) < 4.78 is 39.0.